The molecule has 0 radical (unpaired) electrons. The maximum atomic E-state index is 10.9. The lowest BCUT2D eigenvalue weighted by Gasteiger charge is -2.09. The summed E-state index contributed by atoms with van der Waals surface area (Å²) in [5.41, 5.74) is 2.02. The van der Waals surface area contributed by atoms with Gasteiger partial charge in [-0.15, -0.1) is 0 Å². The van der Waals surface area contributed by atoms with Gasteiger partial charge in [-0.25, -0.2) is 4.79 Å². The first-order valence-electron chi connectivity index (χ1n) is 5.49. The van der Waals surface area contributed by atoms with Crippen LogP contribution >= 0.6 is 31.9 Å². The summed E-state index contributed by atoms with van der Waals surface area (Å²) < 4.78 is 6.93. The van der Waals surface area contributed by atoms with Crippen LogP contribution in [0.2, 0.25) is 0 Å². The zero-order chi connectivity index (χ0) is 14.0. The Hall–Kier alpha value is -1.27. The van der Waals surface area contributed by atoms with Gasteiger partial charge in [0.25, 0.3) is 0 Å². The Kier molecular flexibility index (Phi) is 4.31. The molecular formula is C13H11Br2NO3. The summed E-state index contributed by atoms with van der Waals surface area (Å²) in [5.74, 6) is -0.189. The number of anilines is 1. The van der Waals surface area contributed by atoms with Crippen molar-refractivity contribution in [2.45, 2.75) is 13.5 Å². The topological polar surface area (TPSA) is 62.5 Å². The summed E-state index contributed by atoms with van der Waals surface area (Å²) >= 11 is 6.61. The van der Waals surface area contributed by atoms with E-state index in [1.807, 2.05) is 13.0 Å². The van der Waals surface area contributed by atoms with Crippen molar-refractivity contribution in [1.82, 2.24) is 0 Å². The van der Waals surface area contributed by atoms with Crippen molar-refractivity contribution >= 4 is 43.5 Å². The highest BCUT2D eigenvalue weighted by molar-refractivity contribution is 9.13. The van der Waals surface area contributed by atoms with Crippen LogP contribution in [0.1, 0.15) is 21.7 Å². The highest BCUT2D eigenvalue weighted by Crippen LogP contribution is 2.27. The lowest BCUT2D eigenvalue weighted by atomic mass is 10.1. The van der Waals surface area contributed by atoms with Gasteiger partial charge in [0.05, 0.1) is 16.6 Å². The average Bonchev–Trinajstić information content (AvgIpc) is 2.67. The first kappa shape index (κ1) is 14.1. The number of aryl methyl sites for hydroxylation is 1. The molecule has 4 nitrogen and oxygen atoms in total. The Morgan fingerprint density at radius 2 is 2.11 bits per heavy atom. The van der Waals surface area contributed by atoms with E-state index in [-0.39, 0.29) is 5.56 Å². The van der Waals surface area contributed by atoms with E-state index in [2.05, 4.69) is 37.2 Å². The summed E-state index contributed by atoms with van der Waals surface area (Å²) in [7, 11) is 0. The van der Waals surface area contributed by atoms with Crippen molar-refractivity contribution in [2.75, 3.05) is 5.32 Å². The van der Waals surface area contributed by atoms with Gasteiger partial charge in [0.1, 0.15) is 5.76 Å². The molecule has 0 amide bonds. The third kappa shape index (κ3) is 3.39. The quantitative estimate of drug-likeness (QED) is 0.813. The fraction of sp³-hybridized carbons (Fsp3) is 0.154. The molecule has 0 saturated carbocycles. The maximum absolute atomic E-state index is 10.9. The van der Waals surface area contributed by atoms with Gasteiger partial charge in [-0.3, -0.25) is 0 Å². The smallest absolute Gasteiger partial charge is 0.335 e. The van der Waals surface area contributed by atoms with Crippen molar-refractivity contribution in [3.63, 3.8) is 0 Å². The zero-order valence-electron chi connectivity index (χ0n) is 10.0. The molecule has 2 aromatic rings. The van der Waals surface area contributed by atoms with Crippen LogP contribution < -0.4 is 5.32 Å². The Morgan fingerprint density at radius 3 is 2.68 bits per heavy atom. The van der Waals surface area contributed by atoms with Gasteiger partial charge in [-0.05, 0) is 62.5 Å². The zero-order valence-corrected chi connectivity index (χ0v) is 13.2. The number of aromatic carboxylic acids is 1. The Bertz CT molecular complexity index is 603. The highest BCUT2D eigenvalue weighted by Gasteiger charge is 2.08. The number of hydrogen-bond donors (Lipinski definition) is 2. The molecule has 100 valence electrons. The normalized spacial score (nSPS) is 10.5. The molecule has 0 atom stereocenters. The standard InChI is InChI=1S/C13H11Br2NO3/c1-7-2-3-8(13(17)18)4-11(7)16-6-9-5-10(14)12(15)19-9/h2-5,16H,6H2,1H3,(H,17,18). The van der Waals surface area contributed by atoms with Crippen LogP contribution in [-0.2, 0) is 6.54 Å². The molecule has 0 aliphatic carbocycles. The average molecular weight is 389 g/mol. The fourth-order valence-corrected chi connectivity index (χ4v) is 2.26. The number of carboxylic acids is 1. The predicted molar refractivity (Wildman–Crippen MR) is 79.6 cm³/mol. The minimum Gasteiger partial charge on any atom is -0.478 e. The molecule has 0 spiro atoms. The predicted octanol–water partition coefficient (Wildman–Crippen LogP) is 4.42. The second-order valence-corrected chi connectivity index (χ2v) is 5.60. The number of carboxylic acid groups (broad SMARTS) is 1. The second kappa shape index (κ2) is 5.79. The fourth-order valence-electron chi connectivity index (χ4n) is 1.61. The maximum Gasteiger partial charge on any atom is 0.335 e. The molecule has 0 saturated heterocycles. The summed E-state index contributed by atoms with van der Waals surface area (Å²) in [6, 6.07) is 6.83. The van der Waals surface area contributed by atoms with Gasteiger partial charge >= 0.3 is 5.97 Å². The molecule has 0 aliphatic heterocycles. The number of hydrogen-bond acceptors (Lipinski definition) is 3. The van der Waals surface area contributed by atoms with Gasteiger partial charge < -0.3 is 14.8 Å². The van der Waals surface area contributed by atoms with E-state index in [0.717, 1.165) is 21.5 Å². The molecule has 0 fully saturated rings. The molecule has 19 heavy (non-hydrogen) atoms. The van der Waals surface area contributed by atoms with Crippen LogP contribution in [0.3, 0.4) is 0 Å². The van der Waals surface area contributed by atoms with Gasteiger partial charge in [0.2, 0.25) is 0 Å². The van der Waals surface area contributed by atoms with Crippen molar-refractivity contribution in [3.05, 3.63) is 50.3 Å². The van der Waals surface area contributed by atoms with Gasteiger partial charge in [-0.2, -0.15) is 0 Å². The molecule has 1 aromatic carbocycles. The summed E-state index contributed by atoms with van der Waals surface area (Å²) in [4.78, 5) is 10.9. The third-order valence-corrected chi connectivity index (χ3v) is 4.34. The van der Waals surface area contributed by atoms with Crippen molar-refractivity contribution in [1.29, 1.82) is 0 Å². The van der Waals surface area contributed by atoms with Crippen LogP contribution in [0.25, 0.3) is 0 Å². The molecule has 2 rings (SSSR count). The van der Waals surface area contributed by atoms with Crippen molar-refractivity contribution in [3.8, 4) is 0 Å². The first-order chi connectivity index (χ1) is 8.97. The van der Waals surface area contributed by atoms with E-state index in [0.29, 0.717) is 11.2 Å². The number of rotatable bonds is 4. The summed E-state index contributed by atoms with van der Waals surface area (Å²) in [5, 5.41) is 12.1. The third-order valence-electron chi connectivity index (χ3n) is 2.63. The van der Waals surface area contributed by atoms with Gasteiger partial charge in [-0.1, -0.05) is 6.07 Å². The van der Waals surface area contributed by atoms with Gasteiger partial charge in [0.15, 0.2) is 4.67 Å². The number of furan rings is 1. The van der Waals surface area contributed by atoms with E-state index < -0.39 is 5.97 Å². The Balaban J connectivity index is 2.14. The van der Waals surface area contributed by atoms with Crippen LogP contribution in [0.4, 0.5) is 5.69 Å². The summed E-state index contributed by atoms with van der Waals surface area (Å²) in [6.07, 6.45) is 0. The van der Waals surface area contributed by atoms with Crippen molar-refractivity contribution < 1.29 is 14.3 Å². The van der Waals surface area contributed by atoms with E-state index in [4.69, 9.17) is 9.52 Å². The second-order valence-electron chi connectivity index (χ2n) is 4.02. The summed E-state index contributed by atoms with van der Waals surface area (Å²) in [6.45, 7) is 2.40. The van der Waals surface area contributed by atoms with Crippen LogP contribution in [-0.4, -0.2) is 11.1 Å². The first-order valence-corrected chi connectivity index (χ1v) is 7.07. The van der Waals surface area contributed by atoms with E-state index in [9.17, 15) is 4.79 Å². The molecule has 1 aromatic heterocycles. The molecule has 6 heteroatoms. The van der Waals surface area contributed by atoms with E-state index >= 15 is 0 Å². The Labute approximate surface area is 127 Å². The van der Waals surface area contributed by atoms with E-state index in [1.165, 1.54) is 0 Å². The monoisotopic (exact) mass is 387 g/mol. The molecule has 2 N–H and O–H groups in total. The number of nitrogens with one attached hydrogen (secondary N) is 1. The molecule has 0 aliphatic rings. The van der Waals surface area contributed by atoms with Crippen molar-refractivity contribution in [2.24, 2.45) is 0 Å². The van der Waals surface area contributed by atoms with E-state index in [1.54, 1.807) is 18.2 Å². The number of benzene rings is 1. The number of carbonyl (C=O) groups is 1. The van der Waals surface area contributed by atoms with Crippen LogP contribution in [0.5, 0.6) is 0 Å². The molecule has 1 heterocycles. The SMILES string of the molecule is Cc1ccc(C(=O)O)cc1NCc1cc(Br)c(Br)o1. The lowest BCUT2D eigenvalue weighted by Crippen LogP contribution is -2.03. The minimum absolute atomic E-state index is 0.259. The van der Waals surface area contributed by atoms with Crippen LogP contribution in [0.15, 0.2) is 37.8 Å². The van der Waals surface area contributed by atoms with Crippen LogP contribution in [0, 0.1) is 6.92 Å². The highest BCUT2D eigenvalue weighted by atomic mass is 79.9. The lowest BCUT2D eigenvalue weighted by molar-refractivity contribution is 0.0697. The minimum atomic E-state index is -0.938. The molecular weight excluding hydrogens is 378 g/mol. The largest absolute Gasteiger partial charge is 0.478 e. The van der Waals surface area contributed by atoms with Gasteiger partial charge in [0, 0.05) is 5.69 Å². The molecule has 0 unspecified atom stereocenters. The number of halogens is 2. The molecule has 0 bridgehead atoms. The Morgan fingerprint density at radius 1 is 1.37 bits per heavy atom.